The lowest BCUT2D eigenvalue weighted by atomic mass is 9.99. The molecule has 1 aromatic heterocycles. The van der Waals surface area contributed by atoms with Crippen LogP contribution < -0.4 is 16.2 Å². The Morgan fingerprint density at radius 2 is 2.29 bits per heavy atom. The minimum Gasteiger partial charge on any atom is -0.319 e. The summed E-state index contributed by atoms with van der Waals surface area (Å²) in [5.74, 6) is -0.291. The quantitative estimate of drug-likeness (QED) is 0.804. The second-order valence-corrected chi connectivity index (χ2v) is 6.77. The van der Waals surface area contributed by atoms with E-state index in [1.807, 2.05) is 0 Å². The molecule has 0 saturated carbocycles. The Bertz CT molecular complexity index is 896. The third-order valence-corrected chi connectivity index (χ3v) is 5.23. The third kappa shape index (κ3) is 2.51. The molecule has 0 unspecified atom stereocenters. The van der Waals surface area contributed by atoms with E-state index in [9.17, 15) is 14.0 Å². The van der Waals surface area contributed by atoms with Gasteiger partial charge in [-0.05, 0) is 30.2 Å². The maximum atomic E-state index is 14.6. The van der Waals surface area contributed by atoms with Gasteiger partial charge in [-0.25, -0.2) is 9.37 Å². The Morgan fingerprint density at radius 3 is 3.17 bits per heavy atom. The number of anilines is 1. The van der Waals surface area contributed by atoms with Crippen molar-refractivity contribution in [2.24, 2.45) is 0 Å². The van der Waals surface area contributed by atoms with Crippen molar-refractivity contribution in [1.29, 1.82) is 0 Å². The van der Waals surface area contributed by atoms with Crippen molar-refractivity contribution in [3.8, 4) is 0 Å². The number of aromatic nitrogens is 2. The van der Waals surface area contributed by atoms with Crippen LogP contribution >= 0.6 is 11.8 Å². The molecule has 1 aromatic carbocycles. The highest BCUT2D eigenvalue weighted by molar-refractivity contribution is 7.99. The first-order valence-corrected chi connectivity index (χ1v) is 8.68. The summed E-state index contributed by atoms with van der Waals surface area (Å²) in [7, 11) is 0. The molecule has 2 aromatic rings. The molecule has 6 nitrogen and oxygen atoms in total. The second kappa shape index (κ2) is 6.03. The van der Waals surface area contributed by atoms with Gasteiger partial charge < -0.3 is 10.6 Å². The Hall–Kier alpha value is -2.19. The molecule has 0 fully saturated rings. The monoisotopic (exact) mass is 346 g/mol. The molecule has 0 radical (unpaired) electrons. The van der Waals surface area contributed by atoms with E-state index in [4.69, 9.17) is 0 Å². The van der Waals surface area contributed by atoms with Crippen LogP contribution in [0.3, 0.4) is 0 Å². The highest BCUT2D eigenvalue weighted by Crippen LogP contribution is 2.25. The smallest absolute Gasteiger partial charge is 0.267 e. The van der Waals surface area contributed by atoms with Crippen molar-refractivity contribution >= 4 is 23.4 Å². The zero-order chi connectivity index (χ0) is 16.7. The van der Waals surface area contributed by atoms with Gasteiger partial charge in [-0.1, -0.05) is 17.8 Å². The molecule has 3 heterocycles. The lowest BCUT2D eigenvalue weighted by Gasteiger charge is -2.19. The van der Waals surface area contributed by atoms with E-state index in [2.05, 4.69) is 15.6 Å². The van der Waals surface area contributed by atoms with Crippen LogP contribution in [0, 0.1) is 5.82 Å². The molecule has 0 bridgehead atoms. The molecule has 0 atom stereocenters. The van der Waals surface area contributed by atoms with E-state index in [-0.39, 0.29) is 16.8 Å². The minimum absolute atomic E-state index is 0.0694. The summed E-state index contributed by atoms with van der Waals surface area (Å²) >= 11 is 1.48. The average molecular weight is 346 g/mol. The largest absolute Gasteiger partial charge is 0.319 e. The van der Waals surface area contributed by atoms with Crippen molar-refractivity contribution < 1.29 is 9.18 Å². The second-order valence-electron chi connectivity index (χ2n) is 5.71. The van der Waals surface area contributed by atoms with Gasteiger partial charge in [-0.3, -0.25) is 14.2 Å². The SMILES string of the molecule is O=C(Nc1ccc2c(c1F)CCNC2)c1cnc2n(c1=O)CCS2. The highest BCUT2D eigenvalue weighted by Gasteiger charge is 2.22. The van der Waals surface area contributed by atoms with Crippen molar-refractivity contribution in [3.63, 3.8) is 0 Å². The van der Waals surface area contributed by atoms with Crippen LogP contribution in [0.1, 0.15) is 21.5 Å². The number of hydrogen-bond acceptors (Lipinski definition) is 5. The van der Waals surface area contributed by atoms with Crippen LogP contribution in [0.2, 0.25) is 0 Å². The molecule has 8 heteroatoms. The number of halogens is 1. The number of benzene rings is 1. The van der Waals surface area contributed by atoms with Gasteiger partial charge in [-0.15, -0.1) is 0 Å². The molecule has 2 aliphatic rings. The zero-order valence-corrected chi connectivity index (χ0v) is 13.6. The minimum atomic E-state index is -0.632. The summed E-state index contributed by atoms with van der Waals surface area (Å²) in [6.45, 7) is 1.86. The summed E-state index contributed by atoms with van der Waals surface area (Å²) in [5, 5.41) is 6.31. The van der Waals surface area contributed by atoms with E-state index in [0.717, 1.165) is 11.3 Å². The number of carbonyl (C=O) groups excluding carboxylic acids is 1. The summed E-state index contributed by atoms with van der Waals surface area (Å²) in [6, 6.07) is 3.33. The molecule has 1 amide bonds. The highest BCUT2D eigenvalue weighted by atomic mass is 32.2. The van der Waals surface area contributed by atoms with Gasteiger partial charge in [0.15, 0.2) is 5.16 Å². The molecule has 2 N–H and O–H groups in total. The van der Waals surface area contributed by atoms with E-state index in [0.29, 0.717) is 36.8 Å². The van der Waals surface area contributed by atoms with Crippen LogP contribution in [0.25, 0.3) is 0 Å². The van der Waals surface area contributed by atoms with Crippen LogP contribution in [-0.2, 0) is 19.5 Å². The summed E-state index contributed by atoms with van der Waals surface area (Å²) < 4.78 is 16.1. The fourth-order valence-electron chi connectivity index (χ4n) is 2.99. The van der Waals surface area contributed by atoms with Gasteiger partial charge in [0.2, 0.25) is 0 Å². The van der Waals surface area contributed by atoms with Crippen LogP contribution in [0.15, 0.2) is 28.3 Å². The molecule has 0 saturated heterocycles. The summed E-state index contributed by atoms with van der Waals surface area (Å²) in [6.07, 6.45) is 1.84. The Balaban J connectivity index is 1.65. The predicted octanol–water partition coefficient (Wildman–Crippen LogP) is 1.39. The van der Waals surface area contributed by atoms with E-state index in [1.54, 1.807) is 6.07 Å². The zero-order valence-electron chi connectivity index (χ0n) is 12.8. The summed E-state index contributed by atoms with van der Waals surface area (Å²) in [5.41, 5.74) is 1.16. The first kappa shape index (κ1) is 15.3. The van der Waals surface area contributed by atoms with Gasteiger partial charge in [0.1, 0.15) is 11.4 Å². The number of rotatable bonds is 2. The summed E-state index contributed by atoms with van der Waals surface area (Å²) in [4.78, 5) is 28.9. The van der Waals surface area contributed by atoms with Crippen LogP contribution in [0.4, 0.5) is 10.1 Å². The first-order valence-electron chi connectivity index (χ1n) is 7.70. The van der Waals surface area contributed by atoms with Crippen LogP contribution in [-0.4, -0.2) is 27.8 Å². The van der Waals surface area contributed by atoms with Crippen LogP contribution in [0.5, 0.6) is 0 Å². The van der Waals surface area contributed by atoms with Crippen molar-refractivity contribution in [2.45, 2.75) is 24.7 Å². The van der Waals surface area contributed by atoms with Gasteiger partial charge in [0, 0.05) is 25.0 Å². The fourth-order valence-corrected chi connectivity index (χ4v) is 3.91. The van der Waals surface area contributed by atoms with E-state index < -0.39 is 11.7 Å². The number of amides is 1. The number of nitrogens with one attached hydrogen (secondary N) is 2. The Morgan fingerprint density at radius 1 is 1.42 bits per heavy atom. The van der Waals surface area contributed by atoms with Crippen molar-refractivity contribution in [1.82, 2.24) is 14.9 Å². The lowest BCUT2D eigenvalue weighted by molar-refractivity contribution is 0.102. The molecule has 124 valence electrons. The number of carbonyl (C=O) groups is 1. The number of nitrogens with zero attached hydrogens (tertiary/aromatic N) is 2. The molecule has 2 aliphatic heterocycles. The first-order chi connectivity index (χ1) is 11.6. The standard InChI is InChI=1S/C16H15FN4O2S/c17-13-10-3-4-18-7-9(10)1-2-12(13)20-14(22)11-8-19-16-21(15(11)23)5-6-24-16/h1-2,8,18H,3-7H2,(H,20,22). The molecular formula is C16H15FN4O2S. The normalized spacial score (nSPS) is 15.7. The van der Waals surface area contributed by atoms with E-state index >= 15 is 0 Å². The number of hydrogen-bond donors (Lipinski definition) is 2. The lowest BCUT2D eigenvalue weighted by Crippen LogP contribution is -2.30. The Kier molecular flexibility index (Phi) is 3.85. The maximum Gasteiger partial charge on any atom is 0.267 e. The molecule has 0 aliphatic carbocycles. The van der Waals surface area contributed by atoms with Gasteiger partial charge in [0.25, 0.3) is 11.5 Å². The average Bonchev–Trinajstić information content (AvgIpc) is 3.07. The fraction of sp³-hybridized carbons (Fsp3) is 0.312. The predicted molar refractivity (Wildman–Crippen MR) is 89.0 cm³/mol. The molecule has 0 spiro atoms. The molecule has 4 rings (SSSR count). The maximum absolute atomic E-state index is 14.6. The van der Waals surface area contributed by atoms with Gasteiger partial charge in [0.05, 0.1) is 5.69 Å². The Labute approximate surface area is 141 Å². The van der Waals surface area contributed by atoms with Gasteiger partial charge >= 0.3 is 0 Å². The topological polar surface area (TPSA) is 76.0 Å². The van der Waals surface area contributed by atoms with Gasteiger partial charge in [-0.2, -0.15) is 0 Å². The number of fused-ring (bicyclic) bond motifs is 2. The third-order valence-electron chi connectivity index (χ3n) is 4.26. The number of thioether (sulfide) groups is 1. The molecule has 24 heavy (non-hydrogen) atoms. The van der Waals surface area contributed by atoms with E-state index in [1.165, 1.54) is 28.6 Å². The van der Waals surface area contributed by atoms with Crippen molar-refractivity contribution in [2.75, 3.05) is 17.6 Å². The molecular weight excluding hydrogens is 331 g/mol. The van der Waals surface area contributed by atoms with Crippen molar-refractivity contribution in [3.05, 3.63) is 51.2 Å².